The molecule has 0 atom stereocenters. The van der Waals surface area contributed by atoms with E-state index in [9.17, 15) is 4.39 Å². The van der Waals surface area contributed by atoms with Crippen LogP contribution in [-0.4, -0.2) is 0 Å². The fourth-order valence-electron chi connectivity index (χ4n) is 1.11. The topological polar surface area (TPSA) is 0 Å². The molecule has 0 saturated heterocycles. The molecular formula is C9H10ClF. The highest BCUT2D eigenvalue weighted by Gasteiger charge is 2.02. The molecule has 0 fully saturated rings. The van der Waals surface area contributed by atoms with E-state index in [1.165, 1.54) is 0 Å². The number of rotatable bonds is 1. The predicted octanol–water partition coefficient (Wildman–Crippen LogP) is 3.18. The first kappa shape index (κ1) is 8.54. The van der Waals surface area contributed by atoms with Gasteiger partial charge >= 0.3 is 0 Å². The van der Waals surface area contributed by atoms with E-state index < -0.39 is 0 Å². The van der Waals surface area contributed by atoms with E-state index in [1.807, 2.05) is 0 Å². The zero-order valence-electron chi connectivity index (χ0n) is 6.62. The zero-order chi connectivity index (χ0) is 8.43. The first-order valence-corrected chi connectivity index (χ1v) is 4.00. The Hall–Kier alpha value is -0.560. The summed E-state index contributed by atoms with van der Waals surface area (Å²) in [6, 6.07) is 3.55. The van der Waals surface area contributed by atoms with Crippen LogP contribution in [0.15, 0.2) is 12.1 Å². The molecule has 2 heteroatoms. The molecule has 0 aliphatic carbocycles. The van der Waals surface area contributed by atoms with Gasteiger partial charge < -0.3 is 0 Å². The molecular weight excluding hydrogens is 163 g/mol. The van der Waals surface area contributed by atoms with Crippen LogP contribution in [0.25, 0.3) is 0 Å². The number of halogens is 2. The van der Waals surface area contributed by atoms with Crippen LogP contribution < -0.4 is 0 Å². The molecule has 1 rings (SSSR count). The lowest BCUT2D eigenvalue weighted by molar-refractivity contribution is 0.608. The van der Waals surface area contributed by atoms with E-state index in [1.54, 1.807) is 26.0 Å². The second-order valence-electron chi connectivity index (χ2n) is 2.68. The molecule has 0 heterocycles. The maximum absolute atomic E-state index is 13.0. The predicted molar refractivity (Wildman–Crippen MR) is 45.4 cm³/mol. The third kappa shape index (κ3) is 1.72. The Bertz CT molecular complexity index is 245. The fraction of sp³-hybridized carbons (Fsp3) is 0.333. The molecule has 0 spiro atoms. The van der Waals surface area contributed by atoms with E-state index >= 15 is 0 Å². The van der Waals surface area contributed by atoms with E-state index in [4.69, 9.17) is 11.6 Å². The van der Waals surface area contributed by atoms with Crippen LogP contribution >= 0.6 is 11.6 Å². The lowest BCUT2D eigenvalue weighted by Crippen LogP contribution is -1.90. The first-order chi connectivity index (χ1) is 5.15. The Kier molecular flexibility index (Phi) is 2.50. The summed E-state index contributed by atoms with van der Waals surface area (Å²) in [4.78, 5) is 0. The van der Waals surface area contributed by atoms with Crippen molar-refractivity contribution < 1.29 is 4.39 Å². The minimum absolute atomic E-state index is 0.126. The Labute approximate surface area is 71.0 Å². The molecule has 0 bridgehead atoms. The van der Waals surface area contributed by atoms with E-state index in [0.29, 0.717) is 17.0 Å². The smallest absolute Gasteiger partial charge is 0.129 e. The largest absolute Gasteiger partial charge is 0.206 e. The van der Waals surface area contributed by atoms with Gasteiger partial charge in [-0.1, -0.05) is 12.1 Å². The van der Waals surface area contributed by atoms with Crippen molar-refractivity contribution in [1.82, 2.24) is 0 Å². The van der Waals surface area contributed by atoms with Crippen molar-refractivity contribution in [3.05, 3.63) is 34.6 Å². The van der Waals surface area contributed by atoms with Crippen LogP contribution in [0.1, 0.15) is 16.7 Å². The highest BCUT2D eigenvalue weighted by atomic mass is 35.5. The molecule has 11 heavy (non-hydrogen) atoms. The van der Waals surface area contributed by atoms with Crippen LogP contribution in [0.5, 0.6) is 0 Å². The lowest BCUT2D eigenvalue weighted by Gasteiger charge is -2.02. The van der Waals surface area contributed by atoms with E-state index in [0.717, 1.165) is 5.56 Å². The number of hydrogen-bond donors (Lipinski definition) is 0. The van der Waals surface area contributed by atoms with E-state index in [-0.39, 0.29) is 5.82 Å². The second kappa shape index (κ2) is 3.22. The highest BCUT2D eigenvalue weighted by molar-refractivity contribution is 6.17. The van der Waals surface area contributed by atoms with Gasteiger partial charge in [0.25, 0.3) is 0 Å². The average molecular weight is 173 g/mol. The summed E-state index contributed by atoms with van der Waals surface area (Å²) >= 11 is 5.60. The standard InChI is InChI=1S/C9H10ClF/c1-6-3-8(5-10)4-7(2)9(6)11/h3-4H,5H2,1-2H3. The molecule has 0 saturated carbocycles. The number of aryl methyl sites for hydroxylation is 2. The van der Waals surface area contributed by atoms with E-state index in [2.05, 4.69) is 0 Å². The molecule has 60 valence electrons. The molecule has 0 radical (unpaired) electrons. The fourth-order valence-corrected chi connectivity index (χ4v) is 1.27. The van der Waals surface area contributed by atoms with Crippen LogP contribution in [0.3, 0.4) is 0 Å². The maximum Gasteiger partial charge on any atom is 0.129 e. The van der Waals surface area contributed by atoms with Gasteiger partial charge in [0.05, 0.1) is 0 Å². The van der Waals surface area contributed by atoms with Gasteiger partial charge in [-0.3, -0.25) is 0 Å². The molecule has 1 aromatic carbocycles. The quantitative estimate of drug-likeness (QED) is 0.571. The summed E-state index contributed by atoms with van der Waals surface area (Å²) in [6.07, 6.45) is 0. The summed E-state index contributed by atoms with van der Waals surface area (Å²) in [7, 11) is 0. The minimum Gasteiger partial charge on any atom is -0.206 e. The van der Waals surface area contributed by atoms with Gasteiger partial charge in [-0.2, -0.15) is 0 Å². The lowest BCUT2D eigenvalue weighted by atomic mass is 10.1. The summed E-state index contributed by atoms with van der Waals surface area (Å²) in [5.74, 6) is 0.320. The summed E-state index contributed by atoms with van der Waals surface area (Å²) < 4.78 is 13.0. The van der Waals surface area contributed by atoms with Crippen molar-refractivity contribution in [3.63, 3.8) is 0 Å². The summed E-state index contributed by atoms with van der Waals surface area (Å²) in [5, 5.41) is 0. The molecule has 0 amide bonds. The Morgan fingerprint density at radius 2 is 1.73 bits per heavy atom. The van der Waals surface area contributed by atoms with Crippen molar-refractivity contribution in [2.45, 2.75) is 19.7 Å². The monoisotopic (exact) mass is 172 g/mol. The normalized spacial score (nSPS) is 10.2. The average Bonchev–Trinajstić information content (AvgIpc) is 1.99. The summed E-state index contributed by atoms with van der Waals surface area (Å²) in [5.41, 5.74) is 2.31. The van der Waals surface area contributed by atoms with Gasteiger partial charge in [-0.15, -0.1) is 11.6 Å². The third-order valence-corrected chi connectivity index (χ3v) is 1.96. The molecule has 0 aliphatic heterocycles. The molecule has 1 aromatic rings. The molecule has 0 N–H and O–H groups in total. The molecule has 0 unspecified atom stereocenters. The third-order valence-electron chi connectivity index (χ3n) is 1.65. The van der Waals surface area contributed by atoms with Crippen molar-refractivity contribution in [1.29, 1.82) is 0 Å². The van der Waals surface area contributed by atoms with Crippen molar-refractivity contribution >= 4 is 11.6 Å². The molecule has 0 aliphatic rings. The SMILES string of the molecule is Cc1cc(CCl)cc(C)c1F. The van der Waals surface area contributed by atoms with Gasteiger partial charge in [0.15, 0.2) is 0 Å². The van der Waals surface area contributed by atoms with Gasteiger partial charge in [0.2, 0.25) is 0 Å². The molecule has 0 nitrogen and oxygen atoms in total. The second-order valence-corrected chi connectivity index (χ2v) is 2.94. The van der Waals surface area contributed by atoms with Gasteiger partial charge in [0, 0.05) is 5.88 Å². The number of alkyl halides is 1. The van der Waals surface area contributed by atoms with Gasteiger partial charge in [-0.05, 0) is 30.5 Å². The number of benzene rings is 1. The van der Waals surface area contributed by atoms with Gasteiger partial charge in [-0.25, -0.2) is 4.39 Å². The summed E-state index contributed by atoms with van der Waals surface area (Å²) in [6.45, 7) is 3.50. The van der Waals surface area contributed by atoms with Crippen LogP contribution in [0.4, 0.5) is 4.39 Å². The van der Waals surface area contributed by atoms with Crippen LogP contribution in [-0.2, 0) is 5.88 Å². The van der Waals surface area contributed by atoms with Gasteiger partial charge in [0.1, 0.15) is 5.82 Å². The molecule has 0 aromatic heterocycles. The highest BCUT2D eigenvalue weighted by Crippen LogP contribution is 2.15. The minimum atomic E-state index is -0.126. The van der Waals surface area contributed by atoms with Crippen LogP contribution in [0.2, 0.25) is 0 Å². The Morgan fingerprint density at radius 1 is 1.27 bits per heavy atom. The zero-order valence-corrected chi connectivity index (χ0v) is 7.37. The Balaban J connectivity index is 3.21. The first-order valence-electron chi connectivity index (χ1n) is 3.46. The van der Waals surface area contributed by atoms with Crippen molar-refractivity contribution in [2.24, 2.45) is 0 Å². The van der Waals surface area contributed by atoms with Crippen molar-refractivity contribution in [2.75, 3.05) is 0 Å². The van der Waals surface area contributed by atoms with Crippen molar-refractivity contribution in [3.8, 4) is 0 Å². The Morgan fingerprint density at radius 3 is 2.09 bits per heavy atom. The maximum atomic E-state index is 13.0. The number of hydrogen-bond acceptors (Lipinski definition) is 0. The van der Waals surface area contributed by atoms with Crippen LogP contribution in [0, 0.1) is 19.7 Å².